The lowest BCUT2D eigenvalue weighted by Crippen LogP contribution is -2.62. The summed E-state index contributed by atoms with van der Waals surface area (Å²) in [5.41, 5.74) is 1.19. The molecule has 0 bridgehead atoms. The Morgan fingerprint density at radius 1 is 0.881 bits per heavy atom. The molecule has 2 aliphatic rings. The molecule has 0 saturated carbocycles. The van der Waals surface area contributed by atoms with E-state index < -0.39 is 53.5 Å². The van der Waals surface area contributed by atoms with E-state index in [0.717, 1.165) is 0 Å². The highest BCUT2D eigenvalue weighted by molar-refractivity contribution is 5.94. The van der Waals surface area contributed by atoms with Gasteiger partial charge >= 0.3 is 0 Å². The molecular weight excluding hydrogens is 544 g/mol. The topological polar surface area (TPSA) is 111 Å². The summed E-state index contributed by atoms with van der Waals surface area (Å²) in [6.45, 7) is 5.64. The summed E-state index contributed by atoms with van der Waals surface area (Å²) in [4.78, 5) is 56.9. The van der Waals surface area contributed by atoms with Crippen LogP contribution in [0.15, 0.2) is 48.5 Å². The third-order valence-electron chi connectivity index (χ3n) is 8.13. The number of rotatable bonds is 8. The summed E-state index contributed by atoms with van der Waals surface area (Å²) in [7, 11) is 1.63. The summed E-state index contributed by atoms with van der Waals surface area (Å²) in [6.07, 6.45) is 1.45. The number of nitrogens with zero attached hydrogens (tertiary/aromatic N) is 2. The highest BCUT2D eigenvalue weighted by Gasteiger charge is 2.46. The van der Waals surface area contributed by atoms with Crippen molar-refractivity contribution in [1.82, 2.24) is 25.8 Å². The number of nitrogens with one attached hydrogen (secondary N) is 3. The molecule has 9 nitrogen and oxygen atoms in total. The van der Waals surface area contributed by atoms with Gasteiger partial charge in [-0.3, -0.25) is 19.2 Å². The zero-order valence-electron chi connectivity index (χ0n) is 24.4. The average molecular weight is 584 g/mol. The maximum Gasteiger partial charge on any atom is 0.247 e. The third kappa shape index (κ3) is 6.95. The largest absolute Gasteiger partial charge is 0.343 e. The molecule has 3 N–H and O–H groups in total. The molecule has 0 aliphatic carbocycles. The van der Waals surface area contributed by atoms with Gasteiger partial charge in [0.25, 0.3) is 0 Å². The number of benzene rings is 2. The van der Waals surface area contributed by atoms with Crippen LogP contribution in [0.5, 0.6) is 0 Å². The van der Waals surface area contributed by atoms with Crippen LogP contribution in [0.2, 0.25) is 0 Å². The van der Waals surface area contributed by atoms with Gasteiger partial charge in [0.05, 0.1) is 12.1 Å². The lowest BCUT2D eigenvalue weighted by molar-refractivity contribution is -0.147. The lowest BCUT2D eigenvalue weighted by atomic mass is 9.98. The zero-order chi connectivity index (χ0) is 30.6. The van der Waals surface area contributed by atoms with Crippen molar-refractivity contribution in [3.63, 3.8) is 0 Å². The van der Waals surface area contributed by atoms with Crippen molar-refractivity contribution >= 4 is 23.6 Å². The molecule has 0 spiro atoms. The maximum absolute atomic E-state index is 14.1. The van der Waals surface area contributed by atoms with Crippen LogP contribution in [0.25, 0.3) is 0 Å². The molecule has 0 unspecified atom stereocenters. The van der Waals surface area contributed by atoms with Gasteiger partial charge in [-0.25, -0.2) is 8.78 Å². The molecule has 42 heavy (non-hydrogen) atoms. The minimum absolute atomic E-state index is 0.00334. The first-order valence-corrected chi connectivity index (χ1v) is 14.4. The second-order valence-electron chi connectivity index (χ2n) is 11.3. The van der Waals surface area contributed by atoms with E-state index in [0.29, 0.717) is 36.9 Å². The highest BCUT2D eigenvalue weighted by atomic mass is 19.1. The average Bonchev–Trinajstić information content (AvgIpc) is 3.40. The number of halogens is 2. The monoisotopic (exact) mass is 583 g/mol. The first kappa shape index (κ1) is 31.1. The predicted octanol–water partition coefficient (Wildman–Crippen LogP) is 2.51. The molecule has 4 atom stereocenters. The minimum atomic E-state index is -1.03. The molecule has 11 heteroatoms. The van der Waals surface area contributed by atoms with Gasteiger partial charge in [0.2, 0.25) is 23.6 Å². The summed E-state index contributed by atoms with van der Waals surface area (Å²) in [6, 6.07) is 7.92. The van der Waals surface area contributed by atoms with Crippen LogP contribution in [0.1, 0.15) is 57.2 Å². The first-order chi connectivity index (χ1) is 20.0. The molecule has 2 aromatic carbocycles. The molecule has 4 rings (SSSR count). The molecule has 4 amide bonds. The molecule has 0 aromatic heterocycles. The summed E-state index contributed by atoms with van der Waals surface area (Å²) in [5, 5.41) is 8.66. The van der Waals surface area contributed by atoms with Gasteiger partial charge in [-0.05, 0) is 68.6 Å². The van der Waals surface area contributed by atoms with Crippen molar-refractivity contribution in [2.24, 2.45) is 5.92 Å². The quantitative estimate of drug-likeness (QED) is 0.443. The number of hydrogen-bond donors (Lipinski definition) is 3. The molecular formula is C31H39F2N5O4. The molecule has 2 heterocycles. The predicted molar refractivity (Wildman–Crippen MR) is 153 cm³/mol. The third-order valence-corrected chi connectivity index (χ3v) is 8.13. The van der Waals surface area contributed by atoms with Crippen molar-refractivity contribution in [3.8, 4) is 0 Å². The van der Waals surface area contributed by atoms with Crippen molar-refractivity contribution in [2.45, 2.75) is 70.2 Å². The van der Waals surface area contributed by atoms with Crippen molar-refractivity contribution in [3.05, 3.63) is 71.3 Å². The number of amides is 4. The van der Waals surface area contributed by atoms with Gasteiger partial charge in [0.15, 0.2) is 0 Å². The molecule has 2 fully saturated rings. The van der Waals surface area contributed by atoms with Gasteiger partial charge in [0.1, 0.15) is 23.7 Å². The summed E-state index contributed by atoms with van der Waals surface area (Å²) < 4.78 is 27.4. The van der Waals surface area contributed by atoms with Crippen LogP contribution in [0.4, 0.5) is 8.78 Å². The van der Waals surface area contributed by atoms with Gasteiger partial charge < -0.3 is 25.8 Å². The summed E-state index contributed by atoms with van der Waals surface area (Å²) in [5.74, 6) is -2.47. The Kier molecular flexibility index (Phi) is 9.93. The Bertz CT molecular complexity index is 1240. The first-order valence-electron chi connectivity index (χ1n) is 14.4. The second kappa shape index (κ2) is 13.4. The summed E-state index contributed by atoms with van der Waals surface area (Å²) >= 11 is 0. The Hall–Kier alpha value is -3.86. The molecule has 2 aromatic rings. The smallest absolute Gasteiger partial charge is 0.247 e. The van der Waals surface area contributed by atoms with E-state index in [9.17, 15) is 28.0 Å². The molecule has 2 aliphatic heterocycles. The Balaban J connectivity index is 1.62. The second-order valence-corrected chi connectivity index (χ2v) is 11.3. The van der Waals surface area contributed by atoms with Crippen molar-refractivity contribution in [2.75, 3.05) is 20.1 Å². The van der Waals surface area contributed by atoms with Crippen molar-refractivity contribution in [1.29, 1.82) is 0 Å². The van der Waals surface area contributed by atoms with Crippen LogP contribution < -0.4 is 16.0 Å². The lowest BCUT2D eigenvalue weighted by Gasteiger charge is -2.39. The normalized spacial score (nSPS) is 21.5. The van der Waals surface area contributed by atoms with Crippen LogP contribution in [-0.2, 0) is 19.2 Å². The number of carbonyl (C=O) groups is 4. The van der Waals surface area contributed by atoms with E-state index >= 15 is 0 Å². The van der Waals surface area contributed by atoms with Crippen LogP contribution in [0.3, 0.4) is 0 Å². The molecule has 226 valence electrons. The van der Waals surface area contributed by atoms with Gasteiger partial charge in [-0.1, -0.05) is 38.1 Å². The maximum atomic E-state index is 14.1. The zero-order valence-corrected chi connectivity index (χ0v) is 24.4. The standard InChI is InChI=1S/C31H39F2N5O4/c1-18(2)30(41)37-16-15-24-13-14-26(38(24)31(42)25(17-37)35-28(39)19(3)34-4)29(40)36-27(20-5-9-22(32)10-6-20)21-7-11-23(33)12-8-21/h5-12,18-19,24-27,34H,13-17H2,1-4H3,(H,35,39)(H,36,40)/t19-,24+,25-,26-/m0/s1. The fraction of sp³-hybridized carbons (Fsp3) is 0.484. The van der Waals surface area contributed by atoms with E-state index in [1.54, 1.807) is 61.9 Å². The van der Waals surface area contributed by atoms with Crippen LogP contribution in [-0.4, -0.2) is 77.7 Å². The van der Waals surface area contributed by atoms with Gasteiger partial charge in [-0.2, -0.15) is 0 Å². The molecule has 0 radical (unpaired) electrons. The van der Waals surface area contributed by atoms with E-state index in [1.165, 1.54) is 24.3 Å². The van der Waals surface area contributed by atoms with Gasteiger partial charge in [-0.15, -0.1) is 0 Å². The van der Waals surface area contributed by atoms with Crippen LogP contribution in [0, 0.1) is 17.6 Å². The van der Waals surface area contributed by atoms with Gasteiger partial charge in [0, 0.05) is 25.0 Å². The van der Waals surface area contributed by atoms with E-state index in [4.69, 9.17) is 0 Å². The van der Waals surface area contributed by atoms with E-state index in [-0.39, 0.29) is 24.4 Å². The fourth-order valence-corrected chi connectivity index (χ4v) is 5.64. The minimum Gasteiger partial charge on any atom is -0.343 e. The number of carbonyl (C=O) groups excluding carboxylic acids is 4. The Morgan fingerprint density at radius 2 is 1.45 bits per heavy atom. The molecule has 2 saturated heterocycles. The SMILES string of the molecule is CN[C@@H](C)C(=O)N[C@H]1CN(C(=O)C(C)C)CC[C@H]2CC[C@@H](C(=O)NC(c3ccc(F)cc3)c3ccc(F)cc3)N2C1=O. The Morgan fingerprint density at radius 3 is 1.98 bits per heavy atom. The Labute approximate surface area is 245 Å². The van der Waals surface area contributed by atoms with E-state index in [2.05, 4.69) is 16.0 Å². The number of fused-ring (bicyclic) bond motifs is 1. The van der Waals surface area contributed by atoms with Crippen molar-refractivity contribution < 1.29 is 28.0 Å². The highest BCUT2D eigenvalue weighted by Crippen LogP contribution is 2.31. The fourth-order valence-electron chi connectivity index (χ4n) is 5.64. The van der Waals surface area contributed by atoms with Crippen LogP contribution >= 0.6 is 0 Å². The van der Waals surface area contributed by atoms with E-state index in [1.807, 2.05) is 0 Å². The number of hydrogen-bond acceptors (Lipinski definition) is 5. The number of likely N-dealkylation sites (N-methyl/N-ethyl adjacent to an activating group) is 1.